The highest BCUT2D eigenvalue weighted by atomic mass is 32.2. The first-order valence-corrected chi connectivity index (χ1v) is 11.0. The second kappa shape index (κ2) is 8.92. The zero-order valence-electron chi connectivity index (χ0n) is 17.5. The lowest BCUT2D eigenvalue weighted by atomic mass is 10.1. The molecule has 3 aromatic rings. The Kier molecular flexibility index (Phi) is 6.08. The summed E-state index contributed by atoms with van der Waals surface area (Å²) in [7, 11) is 0. The minimum Gasteiger partial charge on any atom is -0.411 e. The molecule has 0 spiro atoms. The summed E-state index contributed by atoms with van der Waals surface area (Å²) in [6.07, 6.45) is 0. The Labute approximate surface area is 181 Å². The van der Waals surface area contributed by atoms with E-state index in [2.05, 4.69) is 33.3 Å². The predicted octanol–water partition coefficient (Wildman–Crippen LogP) is 4.18. The molecule has 0 radical (unpaired) electrons. The van der Waals surface area contributed by atoms with Crippen molar-refractivity contribution in [3.8, 4) is 11.5 Å². The van der Waals surface area contributed by atoms with Crippen molar-refractivity contribution in [2.75, 3.05) is 31.1 Å². The SMILES string of the molecule is Cc1cc(C)cc(-c2nnc(S[C@@H](C)C(=O)N3CCN(c4ccccc4)CC3)o2)c1. The standard InChI is InChI=1S/C23H26N4O2S/c1-16-13-17(2)15-19(14-16)21-24-25-23(29-21)30-18(3)22(28)27-11-9-26(10-12-27)20-7-5-4-6-8-20/h4-8,13-15,18H,9-12H2,1-3H3/t18-/m0/s1. The first kappa shape index (κ1) is 20.5. The summed E-state index contributed by atoms with van der Waals surface area (Å²) in [6.45, 7) is 9.10. The van der Waals surface area contributed by atoms with Crippen LogP contribution in [0.5, 0.6) is 0 Å². The number of thioether (sulfide) groups is 1. The van der Waals surface area contributed by atoms with Crippen LogP contribution in [0.15, 0.2) is 58.2 Å². The quantitative estimate of drug-likeness (QED) is 0.575. The molecule has 30 heavy (non-hydrogen) atoms. The minimum absolute atomic E-state index is 0.110. The molecule has 2 aromatic carbocycles. The average Bonchev–Trinajstić information content (AvgIpc) is 3.22. The lowest BCUT2D eigenvalue weighted by molar-refractivity contribution is -0.130. The van der Waals surface area contributed by atoms with Crippen LogP contribution in [0, 0.1) is 13.8 Å². The van der Waals surface area contributed by atoms with E-state index in [-0.39, 0.29) is 11.2 Å². The maximum Gasteiger partial charge on any atom is 0.277 e. The molecule has 6 nitrogen and oxygen atoms in total. The van der Waals surface area contributed by atoms with Gasteiger partial charge in [0.2, 0.25) is 11.8 Å². The van der Waals surface area contributed by atoms with E-state index in [1.165, 1.54) is 17.4 Å². The topological polar surface area (TPSA) is 62.5 Å². The van der Waals surface area contributed by atoms with Crippen LogP contribution in [-0.2, 0) is 4.79 Å². The van der Waals surface area contributed by atoms with Gasteiger partial charge in [-0.05, 0) is 45.0 Å². The summed E-state index contributed by atoms with van der Waals surface area (Å²) in [5.74, 6) is 0.597. The van der Waals surface area contributed by atoms with E-state index < -0.39 is 0 Å². The molecule has 0 N–H and O–H groups in total. The Morgan fingerprint density at radius 2 is 1.67 bits per heavy atom. The number of carbonyl (C=O) groups excluding carboxylic acids is 1. The molecule has 156 valence electrons. The summed E-state index contributed by atoms with van der Waals surface area (Å²) < 4.78 is 5.82. The fourth-order valence-corrected chi connectivity index (χ4v) is 4.52. The molecular weight excluding hydrogens is 396 g/mol. The van der Waals surface area contributed by atoms with E-state index in [0.717, 1.165) is 42.9 Å². The number of aromatic nitrogens is 2. The van der Waals surface area contributed by atoms with Gasteiger partial charge in [-0.15, -0.1) is 10.2 Å². The third kappa shape index (κ3) is 4.67. The molecule has 0 bridgehead atoms. The molecule has 1 aliphatic rings. The van der Waals surface area contributed by atoms with Gasteiger partial charge in [0.15, 0.2) is 0 Å². The van der Waals surface area contributed by atoms with Gasteiger partial charge < -0.3 is 14.2 Å². The minimum atomic E-state index is -0.277. The molecular formula is C23H26N4O2S. The predicted molar refractivity (Wildman–Crippen MR) is 120 cm³/mol. The molecule has 7 heteroatoms. The smallest absolute Gasteiger partial charge is 0.277 e. The Bertz CT molecular complexity index is 993. The van der Waals surface area contributed by atoms with Crippen LogP contribution in [0.2, 0.25) is 0 Å². The first-order valence-electron chi connectivity index (χ1n) is 10.2. The second-order valence-electron chi connectivity index (χ2n) is 7.66. The third-order valence-electron chi connectivity index (χ3n) is 5.21. The van der Waals surface area contributed by atoms with Crippen LogP contribution >= 0.6 is 11.8 Å². The molecule has 2 heterocycles. The first-order chi connectivity index (χ1) is 14.5. The van der Waals surface area contributed by atoms with Gasteiger partial charge >= 0.3 is 0 Å². The Hall–Kier alpha value is -2.80. The van der Waals surface area contributed by atoms with E-state index in [9.17, 15) is 4.79 Å². The molecule has 1 atom stereocenters. The van der Waals surface area contributed by atoms with Gasteiger partial charge in [-0.3, -0.25) is 4.79 Å². The maximum absolute atomic E-state index is 12.9. The lowest BCUT2D eigenvalue weighted by Crippen LogP contribution is -2.50. The molecule has 0 saturated carbocycles. The highest BCUT2D eigenvalue weighted by Gasteiger charge is 2.27. The molecule has 1 fully saturated rings. The van der Waals surface area contributed by atoms with E-state index >= 15 is 0 Å². The van der Waals surface area contributed by atoms with Gasteiger partial charge in [0.1, 0.15) is 0 Å². The number of amides is 1. The number of rotatable bonds is 5. The van der Waals surface area contributed by atoms with Crippen molar-refractivity contribution in [1.29, 1.82) is 0 Å². The highest BCUT2D eigenvalue weighted by Crippen LogP contribution is 2.28. The summed E-state index contributed by atoms with van der Waals surface area (Å²) in [6, 6.07) is 16.5. The number of para-hydroxylation sites is 1. The van der Waals surface area contributed by atoms with Gasteiger partial charge in [0.05, 0.1) is 5.25 Å². The maximum atomic E-state index is 12.9. The summed E-state index contributed by atoms with van der Waals surface area (Å²) >= 11 is 1.32. The third-order valence-corrected chi connectivity index (χ3v) is 6.13. The zero-order valence-corrected chi connectivity index (χ0v) is 18.4. The number of aryl methyl sites for hydroxylation is 2. The fraction of sp³-hybridized carbons (Fsp3) is 0.348. The molecule has 1 aromatic heterocycles. The van der Waals surface area contributed by atoms with Crippen molar-refractivity contribution in [2.24, 2.45) is 0 Å². The van der Waals surface area contributed by atoms with Crippen molar-refractivity contribution in [3.05, 3.63) is 59.7 Å². The van der Waals surface area contributed by atoms with Gasteiger partial charge in [-0.25, -0.2) is 0 Å². The van der Waals surface area contributed by atoms with Crippen LogP contribution in [0.25, 0.3) is 11.5 Å². The van der Waals surface area contributed by atoms with Gasteiger partial charge in [0.25, 0.3) is 5.22 Å². The Morgan fingerprint density at radius 1 is 1.00 bits per heavy atom. The van der Waals surface area contributed by atoms with Crippen LogP contribution in [0.4, 0.5) is 5.69 Å². The molecule has 0 unspecified atom stereocenters. The van der Waals surface area contributed by atoms with E-state index in [1.54, 1.807) is 0 Å². The summed E-state index contributed by atoms with van der Waals surface area (Å²) in [4.78, 5) is 17.2. The van der Waals surface area contributed by atoms with Gasteiger partial charge in [0, 0.05) is 37.4 Å². The highest BCUT2D eigenvalue weighted by molar-refractivity contribution is 8.00. The number of piperazine rings is 1. The van der Waals surface area contributed by atoms with Gasteiger partial charge in [-0.2, -0.15) is 0 Å². The monoisotopic (exact) mass is 422 g/mol. The van der Waals surface area contributed by atoms with Crippen molar-refractivity contribution in [3.63, 3.8) is 0 Å². The van der Waals surface area contributed by atoms with Crippen LogP contribution in [0.3, 0.4) is 0 Å². The van der Waals surface area contributed by atoms with E-state index in [0.29, 0.717) is 11.1 Å². The van der Waals surface area contributed by atoms with Gasteiger partial charge in [-0.1, -0.05) is 47.2 Å². The molecule has 4 rings (SSSR count). The van der Waals surface area contributed by atoms with Crippen LogP contribution in [-0.4, -0.2) is 52.4 Å². The molecule has 1 amide bonds. The number of nitrogens with zero attached hydrogens (tertiary/aromatic N) is 4. The lowest BCUT2D eigenvalue weighted by Gasteiger charge is -2.37. The summed E-state index contributed by atoms with van der Waals surface area (Å²) in [5.41, 5.74) is 4.41. The molecule has 1 saturated heterocycles. The fourth-order valence-electron chi connectivity index (χ4n) is 3.75. The van der Waals surface area contributed by atoms with Crippen molar-refractivity contribution < 1.29 is 9.21 Å². The van der Waals surface area contributed by atoms with Crippen molar-refractivity contribution in [2.45, 2.75) is 31.2 Å². The van der Waals surface area contributed by atoms with Crippen LogP contribution in [0.1, 0.15) is 18.1 Å². The number of anilines is 1. The van der Waals surface area contributed by atoms with Crippen LogP contribution < -0.4 is 4.90 Å². The Balaban J connectivity index is 1.35. The molecule has 1 aliphatic heterocycles. The van der Waals surface area contributed by atoms with Crippen molar-refractivity contribution >= 4 is 23.4 Å². The average molecular weight is 423 g/mol. The second-order valence-corrected chi connectivity index (χ2v) is 8.95. The van der Waals surface area contributed by atoms with Crippen molar-refractivity contribution in [1.82, 2.24) is 15.1 Å². The number of hydrogen-bond acceptors (Lipinski definition) is 6. The number of hydrogen-bond donors (Lipinski definition) is 0. The Morgan fingerprint density at radius 3 is 2.33 bits per heavy atom. The largest absolute Gasteiger partial charge is 0.411 e. The number of carbonyl (C=O) groups is 1. The van der Waals surface area contributed by atoms with E-state index in [4.69, 9.17) is 4.42 Å². The number of benzene rings is 2. The summed E-state index contributed by atoms with van der Waals surface area (Å²) in [5, 5.41) is 8.45. The zero-order chi connectivity index (χ0) is 21.1. The van der Waals surface area contributed by atoms with E-state index in [1.807, 2.05) is 56.0 Å². The normalized spacial score (nSPS) is 15.3. The molecule has 0 aliphatic carbocycles.